The molecule has 3 rings (SSSR count). The average molecular weight is 267 g/mol. The van der Waals surface area contributed by atoms with Gasteiger partial charge < -0.3 is 0 Å². The van der Waals surface area contributed by atoms with Crippen LogP contribution < -0.4 is 4.90 Å². The molecule has 0 saturated carbocycles. The molecule has 1 heterocycles. The predicted octanol–water partition coefficient (Wildman–Crippen LogP) is 3.14. The fourth-order valence-electron chi connectivity index (χ4n) is 2.13. The summed E-state index contributed by atoms with van der Waals surface area (Å²) in [5.74, 6) is 0.0555. The summed E-state index contributed by atoms with van der Waals surface area (Å²) in [6.07, 6.45) is 0. The highest BCUT2D eigenvalue weighted by Gasteiger charge is 2.27. The minimum Gasteiger partial charge on any atom is -0.271 e. The number of carbonyl (C=O) groups is 1. The summed E-state index contributed by atoms with van der Waals surface area (Å²) in [6.45, 7) is 1.98. The molecule has 0 radical (unpaired) electrons. The van der Waals surface area contributed by atoms with E-state index in [-0.39, 0.29) is 5.91 Å². The Labute approximate surface area is 115 Å². The van der Waals surface area contributed by atoms with E-state index in [9.17, 15) is 4.79 Å². The third kappa shape index (κ3) is 2.13. The summed E-state index contributed by atoms with van der Waals surface area (Å²) in [5.41, 5.74) is 1.90. The Balaban J connectivity index is 2.01. The van der Waals surface area contributed by atoms with Crippen molar-refractivity contribution in [3.8, 4) is 0 Å². The van der Waals surface area contributed by atoms with Crippen LogP contribution in [0.2, 0.25) is 0 Å². The van der Waals surface area contributed by atoms with Crippen molar-refractivity contribution >= 4 is 32.4 Å². The number of nitrogens with zero attached hydrogens (tertiary/aromatic N) is 1. The number of carbonyl (C=O) groups excluding carboxylic acids is 1. The van der Waals surface area contributed by atoms with Gasteiger partial charge in [0.25, 0.3) is 5.91 Å². The highest BCUT2D eigenvalue weighted by molar-refractivity contribution is 8.01. The van der Waals surface area contributed by atoms with E-state index >= 15 is 0 Å². The minimum absolute atomic E-state index is 0.0555. The zero-order chi connectivity index (χ0) is 13.2. The third-order valence-electron chi connectivity index (χ3n) is 3.01. The maximum atomic E-state index is 12.6. The highest BCUT2D eigenvalue weighted by atomic mass is 32.1. The topological polar surface area (TPSA) is 20.3 Å². The smallest absolute Gasteiger partial charge is 0.271 e. The van der Waals surface area contributed by atoms with Gasteiger partial charge in [0.1, 0.15) is 4.86 Å². The van der Waals surface area contributed by atoms with Crippen LogP contribution in [-0.4, -0.2) is 15.8 Å². The van der Waals surface area contributed by atoms with Gasteiger partial charge in [0.05, 0.1) is 4.99 Å². The molecule has 0 aromatic heterocycles. The molecule has 2 aromatic rings. The predicted molar refractivity (Wildman–Crippen MR) is 82.8 cm³/mol. The number of para-hydroxylation sites is 1. The summed E-state index contributed by atoms with van der Waals surface area (Å²) in [5, 5.41) is 0. The molecule has 1 aliphatic heterocycles. The summed E-state index contributed by atoms with van der Waals surface area (Å²) in [6, 6.07) is 19.6. The van der Waals surface area contributed by atoms with Crippen molar-refractivity contribution in [2.24, 2.45) is 0 Å². The molecule has 0 bridgehead atoms. The lowest BCUT2D eigenvalue weighted by molar-refractivity contribution is -0.111. The molecule has 3 heteroatoms. The number of hydrogen-bond donors (Lipinski definition) is 0. The van der Waals surface area contributed by atoms with Crippen molar-refractivity contribution in [2.45, 2.75) is 6.92 Å². The molecule has 0 saturated heterocycles. The van der Waals surface area contributed by atoms with Crippen molar-refractivity contribution in [1.29, 1.82) is 0 Å². The van der Waals surface area contributed by atoms with Gasteiger partial charge in [-0.2, -0.15) is 0 Å². The SMILES string of the molecule is CC1=S=C(c2ccccc2)C(=O)N1c1ccccc1. The fourth-order valence-corrected chi connectivity index (χ4v) is 3.14. The normalized spacial score (nSPS) is 14.8. The largest absolute Gasteiger partial charge is 0.273 e. The van der Waals surface area contributed by atoms with Crippen LogP contribution in [0.5, 0.6) is 0 Å². The van der Waals surface area contributed by atoms with Gasteiger partial charge in [-0.15, -0.1) is 10.9 Å². The second-order valence-electron chi connectivity index (χ2n) is 4.29. The van der Waals surface area contributed by atoms with Crippen LogP contribution in [0.15, 0.2) is 60.7 Å². The van der Waals surface area contributed by atoms with E-state index in [2.05, 4.69) is 0 Å². The molecule has 0 aliphatic carbocycles. The Kier molecular flexibility index (Phi) is 3.05. The van der Waals surface area contributed by atoms with Gasteiger partial charge in [-0.25, -0.2) is 0 Å². The lowest BCUT2D eigenvalue weighted by Gasteiger charge is -2.18. The fraction of sp³-hybridized carbons (Fsp3) is 0.0625. The van der Waals surface area contributed by atoms with Crippen molar-refractivity contribution in [3.05, 3.63) is 66.2 Å². The molecule has 1 aliphatic rings. The molecule has 0 N–H and O–H groups in total. The van der Waals surface area contributed by atoms with Crippen molar-refractivity contribution in [2.75, 3.05) is 4.90 Å². The minimum atomic E-state index is 0.0555. The quantitative estimate of drug-likeness (QED) is 0.765. The first-order valence-corrected chi connectivity index (χ1v) is 6.92. The maximum absolute atomic E-state index is 12.6. The van der Waals surface area contributed by atoms with Gasteiger partial charge in [0, 0.05) is 5.69 Å². The number of anilines is 1. The Morgan fingerprint density at radius 2 is 1.47 bits per heavy atom. The molecule has 19 heavy (non-hydrogen) atoms. The summed E-state index contributed by atoms with van der Waals surface area (Å²) >= 11 is 0. The first-order valence-electron chi connectivity index (χ1n) is 6.10. The third-order valence-corrected chi connectivity index (χ3v) is 4.10. The molecule has 0 unspecified atom stereocenters. The molecule has 2 aromatic carbocycles. The zero-order valence-corrected chi connectivity index (χ0v) is 11.4. The van der Waals surface area contributed by atoms with Crippen molar-refractivity contribution in [3.63, 3.8) is 0 Å². The summed E-state index contributed by atoms with van der Waals surface area (Å²) in [4.78, 5) is 16.1. The Bertz CT molecular complexity index is 685. The van der Waals surface area contributed by atoms with Gasteiger partial charge in [0.15, 0.2) is 0 Å². The lowest BCUT2D eigenvalue weighted by Crippen LogP contribution is -2.34. The van der Waals surface area contributed by atoms with Crippen LogP contribution >= 0.6 is 10.9 Å². The van der Waals surface area contributed by atoms with Crippen LogP contribution in [-0.2, 0) is 4.79 Å². The summed E-state index contributed by atoms with van der Waals surface area (Å²) < 4.78 is 0. The standard InChI is InChI=1S/C16H13NOS/c1-12-17(14-10-6-3-7-11-14)16(18)15(19-12)13-8-4-2-5-9-13/h2-11H,1H3. The molecular weight excluding hydrogens is 254 g/mol. The maximum Gasteiger partial charge on any atom is 0.273 e. The molecule has 2 nitrogen and oxygen atoms in total. The van der Waals surface area contributed by atoms with Crippen molar-refractivity contribution in [1.82, 2.24) is 0 Å². The Morgan fingerprint density at radius 1 is 0.895 bits per heavy atom. The van der Waals surface area contributed by atoms with Gasteiger partial charge in [-0.05, 0) is 24.6 Å². The number of benzene rings is 2. The van der Waals surface area contributed by atoms with Crippen LogP contribution in [0.4, 0.5) is 5.69 Å². The van der Waals surface area contributed by atoms with E-state index in [1.54, 1.807) is 4.90 Å². The second-order valence-corrected chi connectivity index (χ2v) is 5.50. The van der Waals surface area contributed by atoms with Crippen LogP contribution in [0.25, 0.3) is 0 Å². The van der Waals surface area contributed by atoms with E-state index < -0.39 is 0 Å². The highest BCUT2D eigenvalue weighted by Crippen LogP contribution is 2.21. The van der Waals surface area contributed by atoms with E-state index in [1.807, 2.05) is 67.6 Å². The van der Waals surface area contributed by atoms with Crippen LogP contribution in [0.3, 0.4) is 0 Å². The number of hydrogen-bond acceptors (Lipinski definition) is 1. The molecular formula is C16H13NOS. The van der Waals surface area contributed by atoms with Gasteiger partial charge in [-0.3, -0.25) is 9.69 Å². The molecule has 94 valence electrons. The Morgan fingerprint density at radius 3 is 2.11 bits per heavy atom. The monoisotopic (exact) mass is 267 g/mol. The van der Waals surface area contributed by atoms with E-state index in [4.69, 9.17) is 0 Å². The van der Waals surface area contributed by atoms with Gasteiger partial charge >= 0.3 is 0 Å². The van der Waals surface area contributed by atoms with Crippen molar-refractivity contribution < 1.29 is 4.79 Å². The first-order chi connectivity index (χ1) is 9.27. The first kappa shape index (κ1) is 11.9. The van der Waals surface area contributed by atoms with Crippen LogP contribution in [0, 0.1) is 0 Å². The Hall–Kier alpha value is -2.13. The van der Waals surface area contributed by atoms with Gasteiger partial charge in [0.2, 0.25) is 0 Å². The van der Waals surface area contributed by atoms with E-state index in [0.717, 1.165) is 21.1 Å². The molecule has 0 fully saturated rings. The molecule has 0 atom stereocenters. The number of amides is 1. The molecule has 0 spiro atoms. The zero-order valence-electron chi connectivity index (χ0n) is 10.5. The lowest BCUT2D eigenvalue weighted by atomic mass is 10.1. The number of rotatable bonds is 2. The molecule has 1 amide bonds. The van der Waals surface area contributed by atoms with Crippen LogP contribution in [0.1, 0.15) is 12.5 Å². The average Bonchev–Trinajstić information content (AvgIpc) is 2.76. The summed E-state index contributed by atoms with van der Waals surface area (Å²) in [7, 11) is 1.54. The second kappa shape index (κ2) is 4.86. The van der Waals surface area contributed by atoms with E-state index in [1.165, 1.54) is 10.9 Å². The van der Waals surface area contributed by atoms with E-state index in [0.29, 0.717) is 0 Å². The van der Waals surface area contributed by atoms with Gasteiger partial charge in [-0.1, -0.05) is 48.5 Å².